The molecule has 0 spiro atoms. The van der Waals surface area contributed by atoms with Crippen LogP contribution in [0.15, 0.2) is 71.5 Å². The summed E-state index contributed by atoms with van der Waals surface area (Å²) >= 11 is 0. The topological polar surface area (TPSA) is 131 Å². The highest BCUT2D eigenvalue weighted by Gasteiger charge is 2.29. The van der Waals surface area contributed by atoms with Crippen molar-refractivity contribution in [1.82, 2.24) is 15.8 Å². The quantitative estimate of drug-likeness (QED) is 0.452. The third-order valence-corrected chi connectivity index (χ3v) is 5.27. The van der Waals surface area contributed by atoms with E-state index in [-0.39, 0.29) is 36.9 Å². The van der Waals surface area contributed by atoms with E-state index in [1.807, 2.05) is 36.4 Å². The molecule has 0 fully saturated rings. The number of nitrogens with one attached hydrogen (secondary N) is 2. The molecule has 1 aliphatic rings. The van der Waals surface area contributed by atoms with Crippen molar-refractivity contribution in [2.24, 2.45) is 0 Å². The Labute approximate surface area is 189 Å². The first kappa shape index (κ1) is 21.8. The average molecular weight is 447 g/mol. The number of carboxylic acids is 1. The summed E-state index contributed by atoms with van der Waals surface area (Å²) in [7, 11) is 0. The number of carboxylic acid groups (broad SMARTS) is 1. The van der Waals surface area contributed by atoms with Gasteiger partial charge in [0.15, 0.2) is 0 Å². The van der Waals surface area contributed by atoms with E-state index in [2.05, 4.69) is 27.9 Å². The molecule has 0 bridgehead atoms. The highest BCUT2D eigenvalue weighted by Crippen LogP contribution is 2.44. The number of aromatic nitrogens is 1. The monoisotopic (exact) mass is 447 g/mol. The molecule has 2 aromatic carbocycles. The van der Waals surface area contributed by atoms with Gasteiger partial charge in [0.05, 0.1) is 6.54 Å². The fraction of sp³-hybridized carbons (Fsp3) is 0.167. The summed E-state index contributed by atoms with van der Waals surface area (Å²) in [6.45, 7) is 0.123. The molecule has 0 saturated heterocycles. The Morgan fingerprint density at radius 2 is 1.70 bits per heavy atom. The van der Waals surface area contributed by atoms with E-state index in [4.69, 9.17) is 14.4 Å². The SMILES string of the molecule is O=C(O)/C=C/CNC(=O)c1conc1CNC(=O)OCC1c2ccccc2-c2ccccc21. The van der Waals surface area contributed by atoms with Crippen molar-refractivity contribution in [2.45, 2.75) is 12.5 Å². The van der Waals surface area contributed by atoms with E-state index < -0.39 is 18.0 Å². The summed E-state index contributed by atoms with van der Waals surface area (Å²) in [5, 5.41) is 17.4. The highest BCUT2D eigenvalue weighted by molar-refractivity contribution is 5.95. The summed E-state index contributed by atoms with van der Waals surface area (Å²) in [4.78, 5) is 35.0. The number of aliphatic carboxylic acids is 1. The highest BCUT2D eigenvalue weighted by atomic mass is 16.5. The molecule has 0 unspecified atom stereocenters. The van der Waals surface area contributed by atoms with Crippen LogP contribution in [-0.2, 0) is 16.1 Å². The van der Waals surface area contributed by atoms with Crippen molar-refractivity contribution in [1.29, 1.82) is 0 Å². The predicted molar refractivity (Wildman–Crippen MR) is 118 cm³/mol. The lowest BCUT2D eigenvalue weighted by Crippen LogP contribution is -2.28. The van der Waals surface area contributed by atoms with Gasteiger partial charge in [0.1, 0.15) is 24.1 Å². The molecule has 1 aromatic heterocycles. The van der Waals surface area contributed by atoms with Gasteiger partial charge in [-0.05, 0) is 22.3 Å². The summed E-state index contributed by atoms with van der Waals surface area (Å²) in [6, 6.07) is 16.1. The van der Waals surface area contributed by atoms with Gasteiger partial charge in [-0.2, -0.15) is 0 Å². The van der Waals surface area contributed by atoms with Crippen LogP contribution in [0.25, 0.3) is 11.1 Å². The zero-order valence-corrected chi connectivity index (χ0v) is 17.5. The molecule has 0 saturated carbocycles. The van der Waals surface area contributed by atoms with Crippen LogP contribution in [0.5, 0.6) is 0 Å². The molecule has 0 atom stereocenters. The van der Waals surface area contributed by atoms with E-state index >= 15 is 0 Å². The van der Waals surface area contributed by atoms with Gasteiger partial charge < -0.3 is 25.0 Å². The van der Waals surface area contributed by atoms with Crippen LogP contribution in [0.1, 0.15) is 33.1 Å². The lowest BCUT2D eigenvalue weighted by molar-refractivity contribution is -0.131. The first-order valence-corrected chi connectivity index (χ1v) is 10.2. The number of carbonyl (C=O) groups excluding carboxylic acids is 2. The van der Waals surface area contributed by atoms with Crippen LogP contribution >= 0.6 is 0 Å². The van der Waals surface area contributed by atoms with E-state index in [9.17, 15) is 14.4 Å². The number of hydrogen-bond donors (Lipinski definition) is 3. The molecule has 9 nitrogen and oxygen atoms in total. The molecular formula is C24H21N3O6. The fourth-order valence-corrected chi connectivity index (χ4v) is 3.78. The van der Waals surface area contributed by atoms with Gasteiger partial charge in [-0.15, -0.1) is 0 Å². The first-order chi connectivity index (χ1) is 16.0. The van der Waals surface area contributed by atoms with Crippen molar-refractivity contribution in [3.8, 4) is 11.1 Å². The molecule has 3 N–H and O–H groups in total. The van der Waals surface area contributed by atoms with E-state index in [1.165, 1.54) is 6.08 Å². The van der Waals surface area contributed by atoms with Gasteiger partial charge in [-0.25, -0.2) is 9.59 Å². The number of rotatable bonds is 8. The molecule has 9 heteroatoms. The lowest BCUT2D eigenvalue weighted by Gasteiger charge is -2.14. The third-order valence-electron chi connectivity index (χ3n) is 5.27. The van der Waals surface area contributed by atoms with Gasteiger partial charge in [0.25, 0.3) is 5.91 Å². The minimum Gasteiger partial charge on any atom is -0.478 e. The second kappa shape index (κ2) is 9.82. The van der Waals surface area contributed by atoms with Crippen LogP contribution in [-0.4, -0.2) is 41.4 Å². The number of amides is 2. The summed E-state index contributed by atoms with van der Waals surface area (Å²) in [6.07, 6.45) is 2.73. The zero-order valence-electron chi connectivity index (χ0n) is 17.5. The van der Waals surface area contributed by atoms with Gasteiger partial charge >= 0.3 is 12.1 Å². The maximum atomic E-state index is 12.3. The van der Waals surface area contributed by atoms with Gasteiger partial charge in [0, 0.05) is 18.5 Å². The van der Waals surface area contributed by atoms with Crippen LogP contribution in [0.4, 0.5) is 4.79 Å². The molecular weight excluding hydrogens is 426 g/mol. The third kappa shape index (κ3) is 4.93. The standard InChI is InChI=1S/C24H21N3O6/c28-22(29)10-5-11-25-23(30)20-14-33-27-21(20)12-26-24(31)32-13-19-17-8-3-1-6-15(17)16-7-2-4-9-18(16)19/h1-10,14,19H,11-13H2,(H,25,30)(H,26,31)(H,28,29)/b10-5+. The maximum absolute atomic E-state index is 12.3. The molecule has 168 valence electrons. The second-order valence-electron chi connectivity index (χ2n) is 7.30. The van der Waals surface area contributed by atoms with E-state index in [1.54, 1.807) is 0 Å². The van der Waals surface area contributed by atoms with Crippen LogP contribution in [0, 0.1) is 0 Å². The van der Waals surface area contributed by atoms with Crippen molar-refractivity contribution < 1.29 is 28.8 Å². The molecule has 33 heavy (non-hydrogen) atoms. The van der Waals surface area contributed by atoms with Gasteiger partial charge in [-0.1, -0.05) is 59.8 Å². The molecule has 1 heterocycles. The van der Waals surface area contributed by atoms with Crippen LogP contribution in [0.3, 0.4) is 0 Å². The Hall–Kier alpha value is -4.40. The molecule has 0 radical (unpaired) electrons. The van der Waals surface area contributed by atoms with E-state index in [0.717, 1.165) is 34.6 Å². The lowest BCUT2D eigenvalue weighted by atomic mass is 9.98. The summed E-state index contributed by atoms with van der Waals surface area (Å²) in [5.41, 5.74) is 4.86. The van der Waals surface area contributed by atoms with Crippen LogP contribution in [0.2, 0.25) is 0 Å². The van der Waals surface area contributed by atoms with E-state index in [0.29, 0.717) is 0 Å². The van der Waals surface area contributed by atoms with Gasteiger partial charge in [-0.3, -0.25) is 4.79 Å². The zero-order chi connectivity index (χ0) is 23.2. The van der Waals surface area contributed by atoms with Crippen molar-refractivity contribution in [2.75, 3.05) is 13.2 Å². The molecule has 3 aromatic rings. The number of benzene rings is 2. The Kier molecular flexibility index (Phi) is 6.49. The van der Waals surface area contributed by atoms with Gasteiger partial charge in [0.2, 0.25) is 0 Å². The largest absolute Gasteiger partial charge is 0.478 e. The Morgan fingerprint density at radius 1 is 1.03 bits per heavy atom. The first-order valence-electron chi connectivity index (χ1n) is 10.2. The number of ether oxygens (including phenoxy) is 1. The fourth-order valence-electron chi connectivity index (χ4n) is 3.78. The minimum atomic E-state index is -1.11. The minimum absolute atomic E-state index is 0.0234. The Balaban J connectivity index is 1.32. The Bertz CT molecular complexity index is 1170. The normalized spacial score (nSPS) is 12.2. The average Bonchev–Trinajstić information content (AvgIpc) is 3.42. The molecule has 1 aliphatic carbocycles. The number of hydrogen-bond acceptors (Lipinski definition) is 6. The van der Waals surface area contributed by atoms with Crippen molar-refractivity contribution in [3.63, 3.8) is 0 Å². The number of nitrogens with zero attached hydrogens (tertiary/aromatic N) is 1. The molecule has 0 aliphatic heterocycles. The van der Waals surface area contributed by atoms with Crippen molar-refractivity contribution >= 4 is 18.0 Å². The summed E-state index contributed by atoms with van der Waals surface area (Å²) < 4.78 is 10.3. The van der Waals surface area contributed by atoms with Crippen LogP contribution < -0.4 is 10.6 Å². The molecule has 2 amide bonds. The Morgan fingerprint density at radius 3 is 2.36 bits per heavy atom. The maximum Gasteiger partial charge on any atom is 0.407 e. The smallest absolute Gasteiger partial charge is 0.407 e. The summed E-state index contributed by atoms with van der Waals surface area (Å²) in [5.74, 6) is -1.67. The number of carbonyl (C=O) groups is 3. The van der Waals surface area contributed by atoms with Crippen molar-refractivity contribution in [3.05, 3.63) is 89.3 Å². The number of alkyl carbamates (subject to hydrolysis) is 1. The molecule has 4 rings (SSSR count). The second-order valence-corrected chi connectivity index (χ2v) is 7.30. The number of fused-ring (bicyclic) bond motifs is 3. The predicted octanol–water partition coefficient (Wildman–Crippen LogP) is 3.08.